The Morgan fingerprint density at radius 2 is 2.04 bits per heavy atom. The predicted octanol–water partition coefficient (Wildman–Crippen LogP) is -0.811. The molecular formula is C17H16ClIN6O2-. The van der Waals surface area contributed by atoms with Crippen molar-refractivity contribution >= 4 is 34.6 Å². The minimum absolute atomic E-state index is 0.0982. The van der Waals surface area contributed by atoms with E-state index in [1.54, 1.807) is 12.3 Å². The number of carbonyl (C=O) groups excluding carboxylic acids is 1. The van der Waals surface area contributed by atoms with Crippen LogP contribution in [-0.4, -0.2) is 55.2 Å². The molecule has 10 heteroatoms. The second kappa shape index (κ2) is 7.56. The Morgan fingerprint density at radius 3 is 2.70 bits per heavy atom. The number of H-pyrrole nitrogens is 1. The lowest BCUT2D eigenvalue weighted by Gasteiger charge is -2.39. The van der Waals surface area contributed by atoms with Crippen molar-refractivity contribution in [2.75, 3.05) is 31.1 Å². The highest BCUT2D eigenvalue weighted by Gasteiger charge is 2.15. The van der Waals surface area contributed by atoms with Gasteiger partial charge in [-0.15, -0.1) is 0 Å². The highest BCUT2D eigenvalue weighted by molar-refractivity contribution is 6.33. The quantitative estimate of drug-likeness (QED) is 0.287. The van der Waals surface area contributed by atoms with E-state index in [0.717, 1.165) is 37.6 Å². The van der Waals surface area contributed by atoms with Crippen molar-refractivity contribution in [2.45, 2.75) is 6.92 Å². The summed E-state index contributed by atoms with van der Waals surface area (Å²) in [6.07, 6.45) is 1.77. The molecule has 141 valence electrons. The van der Waals surface area contributed by atoms with Gasteiger partial charge in [0.05, 0.1) is 16.2 Å². The number of rotatable bonds is 3. The summed E-state index contributed by atoms with van der Waals surface area (Å²) >= 11 is 8.74. The van der Waals surface area contributed by atoms with E-state index < -0.39 is 5.97 Å². The highest BCUT2D eigenvalue weighted by Crippen LogP contribution is 2.30. The molecule has 0 saturated carbocycles. The number of nitrogens with zero attached hydrogens (tertiary/aromatic N) is 5. The molecular weight excluding hydrogens is 483 g/mol. The van der Waals surface area contributed by atoms with Gasteiger partial charge in [0.15, 0.2) is 5.65 Å². The number of fused-ring (bicyclic) bond motifs is 1. The lowest BCUT2D eigenvalue weighted by Crippen LogP contribution is -3.42. The summed E-state index contributed by atoms with van der Waals surface area (Å²) in [5.74, 6) is 0.487. The standard InChI is InChI=1S/C17H16ClIN6O2/c1-10(26)27-17-21-13-8-12(18)15(22-16(13)23-17)11-2-3-14(20-9-11)24-4-6-25(19)7-5-24/h2-3,8-9H,4-7H2,1H3,(H,21,22,23)/q-1. The Morgan fingerprint density at radius 1 is 1.26 bits per heavy atom. The minimum atomic E-state index is -0.455. The van der Waals surface area contributed by atoms with Crippen molar-refractivity contribution < 1.29 is 32.4 Å². The van der Waals surface area contributed by atoms with Crippen molar-refractivity contribution in [1.82, 2.24) is 23.0 Å². The molecule has 1 aliphatic heterocycles. The van der Waals surface area contributed by atoms with E-state index in [9.17, 15) is 4.79 Å². The molecule has 1 radical (unpaired) electrons. The van der Waals surface area contributed by atoms with E-state index in [0.29, 0.717) is 21.9 Å². The molecule has 1 aliphatic rings. The smallest absolute Gasteiger partial charge is 0.310 e. The number of halogens is 2. The van der Waals surface area contributed by atoms with Gasteiger partial charge in [0.1, 0.15) is 5.82 Å². The van der Waals surface area contributed by atoms with Gasteiger partial charge in [0, 0.05) is 31.8 Å². The fourth-order valence-electron chi connectivity index (χ4n) is 2.91. The lowest BCUT2D eigenvalue weighted by molar-refractivity contribution is -0.575. The molecule has 4 rings (SSSR count). The van der Waals surface area contributed by atoms with Gasteiger partial charge in [0.25, 0.3) is 0 Å². The van der Waals surface area contributed by atoms with Crippen LogP contribution < -0.4 is 32.5 Å². The highest BCUT2D eigenvalue weighted by atomic mass is 127. The summed E-state index contributed by atoms with van der Waals surface area (Å²) in [6.45, 7) is 5.24. The number of imidazole rings is 1. The van der Waals surface area contributed by atoms with E-state index in [-0.39, 0.29) is 6.01 Å². The first-order valence-corrected chi connectivity index (χ1v) is 9.70. The normalized spacial score (nSPS) is 15.3. The summed E-state index contributed by atoms with van der Waals surface area (Å²) in [6, 6.07) is 5.75. The number of nitrogens with one attached hydrogen (secondary N) is 1. The van der Waals surface area contributed by atoms with E-state index in [2.05, 4.69) is 50.8 Å². The number of pyridine rings is 2. The van der Waals surface area contributed by atoms with Gasteiger partial charge < -0.3 is 40.6 Å². The Hall–Kier alpha value is -1.98. The predicted molar refractivity (Wildman–Crippen MR) is 97.2 cm³/mol. The van der Waals surface area contributed by atoms with Crippen molar-refractivity contribution in [3.63, 3.8) is 0 Å². The molecule has 3 aromatic heterocycles. The SMILES string of the molecule is CC(=O)Oc1nc2nc(-c3ccc(N4CCN([I-])CC4)nc3)c(Cl)cc2[nH]1. The minimum Gasteiger partial charge on any atom is -0.699 e. The largest absolute Gasteiger partial charge is 0.699 e. The maximum absolute atomic E-state index is 11.1. The molecule has 1 saturated heterocycles. The van der Waals surface area contributed by atoms with E-state index in [1.165, 1.54) is 6.92 Å². The third kappa shape index (κ3) is 3.99. The first kappa shape index (κ1) is 18.4. The number of aromatic amines is 1. The van der Waals surface area contributed by atoms with Gasteiger partial charge in [-0.05, 0) is 31.3 Å². The number of ether oxygens (including phenoxy) is 1. The maximum atomic E-state index is 11.1. The summed E-state index contributed by atoms with van der Waals surface area (Å²) in [5, 5.41) is 0.466. The molecule has 0 amide bonds. The Kier molecular flexibility index (Phi) is 5.15. The molecule has 1 fully saturated rings. The zero-order chi connectivity index (χ0) is 19.0. The van der Waals surface area contributed by atoms with Crippen LogP contribution in [0.15, 0.2) is 24.4 Å². The molecule has 8 nitrogen and oxygen atoms in total. The van der Waals surface area contributed by atoms with Crippen molar-refractivity contribution in [3.8, 4) is 17.3 Å². The van der Waals surface area contributed by atoms with Gasteiger partial charge in [-0.25, -0.2) is 9.97 Å². The first-order valence-electron chi connectivity index (χ1n) is 8.36. The van der Waals surface area contributed by atoms with E-state index >= 15 is 0 Å². The Labute approximate surface area is 174 Å². The van der Waals surface area contributed by atoms with Crippen molar-refractivity contribution in [1.29, 1.82) is 0 Å². The second-order valence-corrected chi connectivity index (χ2v) is 7.90. The molecule has 3 aromatic rings. The maximum Gasteiger partial charge on any atom is 0.310 e. The summed E-state index contributed by atoms with van der Waals surface area (Å²) in [7, 11) is 0. The number of carbonyl (C=O) groups is 1. The molecule has 27 heavy (non-hydrogen) atoms. The third-order valence-corrected chi connectivity index (χ3v) is 5.47. The molecule has 0 aromatic carbocycles. The first-order chi connectivity index (χ1) is 13.0. The second-order valence-electron chi connectivity index (χ2n) is 6.13. The summed E-state index contributed by atoms with van der Waals surface area (Å²) < 4.78 is 7.24. The Bertz CT molecular complexity index is 985. The third-order valence-electron chi connectivity index (χ3n) is 4.22. The van der Waals surface area contributed by atoms with Crippen LogP contribution in [0.1, 0.15) is 6.92 Å². The van der Waals surface area contributed by atoms with Crippen LogP contribution >= 0.6 is 11.6 Å². The zero-order valence-electron chi connectivity index (χ0n) is 14.4. The van der Waals surface area contributed by atoms with E-state index in [1.807, 2.05) is 12.1 Å². The van der Waals surface area contributed by atoms with Crippen molar-refractivity contribution in [2.24, 2.45) is 0 Å². The number of aromatic nitrogens is 4. The number of anilines is 1. The average Bonchev–Trinajstić information content (AvgIpc) is 3.02. The van der Waals surface area contributed by atoms with Crippen molar-refractivity contribution in [3.05, 3.63) is 29.4 Å². The van der Waals surface area contributed by atoms with Gasteiger partial charge in [-0.1, -0.05) is 11.6 Å². The van der Waals surface area contributed by atoms with Crippen LogP contribution in [0.4, 0.5) is 5.82 Å². The molecule has 0 bridgehead atoms. The van der Waals surface area contributed by atoms with Gasteiger partial charge in [0.2, 0.25) is 0 Å². The van der Waals surface area contributed by atoms with E-state index in [4.69, 9.17) is 16.3 Å². The molecule has 1 N–H and O–H groups in total. The van der Waals surface area contributed by atoms with Crippen LogP contribution in [0.5, 0.6) is 6.01 Å². The molecule has 0 unspecified atom stereocenters. The number of piperazine rings is 1. The molecule has 0 aliphatic carbocycles. The van der Waals surface area contributed by atoms with Crippen LogP contribution in [0.3, 0.4) is 0 Å². The Balaban J connectivity index is 1.61. The molecule has 0 spiro atoms. The fraction of sp³-hybridized carbons (Fsp3) is 0.294. The number of esters is 1. The molecule has 4 heterocycles. The monoisotopic (exact) mass is 498 g/mol. The number of hydrogen-bond donors (Lipinski definition) is 1. The van der Waals surface area contributed by atoms with Crippen LogP contribution in [-0.2, 0) is 4.79 Å². The van der Waals surface area contributed by atoms with Crippen LogP contribution in [0.25, 0.3) is 22.4 Å². The fourth-order valence-corrected chi connectivity index (χ4v) is 3.60. The van der Waals surface area contributed by atoms with Crippen LogP contribution in [0, 0.1) is 0 Å². The topological polar surface area (TPSA) is 87.2 Å². The van der Waals surface area contributed by atoms with Gasteiger partial charge >= 0.3 is 12.0 Å². The zero-order valence-corrected chi connectivity index (χ0v) is 17.4. The molecule has 0 atom stereocenters. The summed E-state index contributed by atoms with van der Waals surface area (Å²) in [4.78, 5) is 29.5. The lowest BCUT2D eigenvalue weighted by atomic mass is 10.2. The van der Waals surface area contributed by atoms with Gasteiger partial charge in [-0.2, -0.15) is 4.98 Å². The average molecular weight is 499 g/mol. The summed E-state index contributed by atoms with van der Waals surface area (Å²) in [5.41, 5.74) is 2.41. The number of hydrogen-bond acceptors (Lipinski definition) is 7. The van der Waals surface area contributed by atoms with Gasteiger partial charge in [-0.3, -0.25) is 4.79 Å². The van der Waals surface area contributed by atoms with Crippen LogP contribution in [0.2, 0.25) is 5.02 Å².